The van der Waals surface area contributed by atoms with Crippen molar-refractivity contribution >= 4 is 16.9 Å². The predicted molar refractivity (Wildman–Crippen MR) is 259 cm³/mol. The SMILES string of the molecule is C=C(/C=C\C=C/Cc1cccc(-c2cc(C(C)(C)C)cc(C(C)(C)C)c2)c1O)c1nc(-c2ccccc2-c2cccc(-c3cc(C(C)(C)C)cc(C(C)(C)C)c3)c2O)cs1. The first-order chi connectivity index (χ1) is 28.0. The number of thiazole rings is 1. The predicted octanol–water partition coefficient (Wildman–Crippen LogP) is 15.8. The van der Waals surface area contributed by atoms with Gasteiger partial charge in [0.2, 0.25) is 0 Å². The largest absolute Gasteiger partial charge is 0.507 e. The summed E-state index contributed by atoms with van der Waals surface area (Å²) in [6.45, 7) is 31.1. The number of rotatable bonds is 9. The zero-order valence-electron chi connectivity index (χ0n) is 37.8. The molecule has 0 aliphatic heterocycles. The van der Waals surface area contributed by atoms with Crippen LogP contribution in [0.1, 0.15) is 116 Å². The van der Waals surface area contributed by atoms with Crippen molar-refractivity contribution in [1.82, 2.24) is 4.98 Å². The van der Waals surface area contributed by atoms with Crippen LogP contribution in [0.4, 0.5) is 0 Å². The van der Waals surface area contributed by atoms with Gasteiger partial charge in [-0.2, -0.15) is 0 Å². The van der Waals surface area contributed by atoms with Crippen molar-refractivity contribution in [2.24, 2.45) is 0 Å². The third kappa shape index (κ3) is 9.94. The monoisotopic (exact) mass is 813 g/mol. The van der Waals surface area contributed by atoms with Crippen LogP contribution in [0.25, 0.3) is 50.2 Å². The lowest BCUT2D eigenvalue weighted by Crippen LogP contribution is -2.16. The molecule has 1 heterocycles. The Morgan fingerprint density at radius 2 is 1.00 bits per heavy atom. The van der Waals surface area contributed by atoms with Crippen molar-refractivity contribution in [1.29, 1.82) is 0 Å². The van der Waals surface area contributed by atoms with Crippen LogP contribution >= 0.6 is 11.3 Å². The van der Waals surface area contributed by atoms with Crippen molar-refractivity contribution in [2.45, 2.75) is 111 Å². The van der Waals surface area contributed by atoms with Crippen LogP contribution in [0.2, 0.25) is 0 Å². The molecule has 6 aromatic rings. The van der Waals surface area contributed by atoms with Crippen LogP contribution in [-0.2, 0) is 28.1 Å². The average molecular weight is 814 g/mol. The van der Waals surface area contributed by atoms with E-state index in [1.54, 1.807) is 11.3 Å². The van der Waals surface area contributed by atoms with Crippen LogP contribution in [0.3, 0.4) is 0 Å². The highest BCUT2D eigenvalue weighted by atomic mass is 32.1. The van der Waals surface area contributed by atoms with E-state index in [-0.39, 0.29) is 27.4 Å². The molecule has 2 N–H and O–H groups in total. The third-order valence-electron chi connectivity index (χ3n) is 11.3. The van der Waals surface area contributed by atoms with Gasteiger partial charge in [-0.05, 0) is 72.6 Å². The Kier molecular flexibility index (Phi) is 12.4. The van der Waals surface area contributed by atoms with Crippen molar-refractivity contribution in [3.8, 4) is 56.1 Å². The molecule has 60 heavy (non-hydrogen) atoms. The van der Waals surface area contributed by atoms with Gasteiger partial charge in [-0.15, -0.1) is 11.3 Å². The number of aromatic hydroxyl groups is 2. The highest BCUT2D eigenvalue weighted by Crippen LogP contribution is 2.44. The lowest BCUT2D eigenvalue weighted by atomic mass is 9.78. The second-order valence-electron chi connectivity index (χ2n) is 20.2. The van der Waals surface area contributed by atoms with Crippen LogP contribution in [0.5, 0.6) is 11.5 Å². The molecule has 4 heteroatoms. The Morgan fingerprint density at radius 3 is 1.52 bits per heavy atom. The number of para-hydroxylation sites is 2. The minimum atomic E-state index is -0.0402. The molecule has 0 fully saturated rings. The quantitative estimate of drug-likeness (QED) is 0.143. The molecule has 0 aliphatic carbocycles. The first-order valence-corrected chi connectivity index (χ1v) is 21.9. The first-order valence-electron chi connectivity index (χ1n) is 21.1. The van der Waals surface area contributed by atoms with E-state index in [1.807, 2.05) is 66.8 Å². The van der Waals surface area contributed by atoms with Crippen molar-refractivity contribution in [2.75, 3.05) is 0 Å². The Balaban J connectivity index is 1.21. The standard InChI is InChI=1S/C56H63NO2S/c1-36(21-15-14-16-22-37-23-19-26-44(50(37)58)38-29-40(53(2,3)4)33-41(30-38)54(5,6)7)52-57-49(35-60-52)47-25-18-17-24-46(47)48-28-20-27-45(51(48)59)39-31-42(55(8,9)10)34-43(32-39)56(11,12)13/h14-21,23-35,58-59H,1,22H2,2-13H3/b16-14-,21-15-. The molecule has 0 bridgehead atoms. The molecule has 0 radical (unpaired) electrons. The van der Waals surface area contributed by atoms with Crippen LogP contribution in [-0.4, -0.2) is 15.2 Å². The fourth-order valence-corrected chi connectivity index (χ4v) is 8.06. The maximum atomic E-state index is 12.0. The third-order valence-corrected chi connectivity index (χ3v) is 12.2. The highest BCUT2D eigenvalue weighted by molar-refractivity contribution is 7.11. The Morgan fingerprint density at radius 1 is 0.550 bits per heavy atom. The summed E-state index contributed by atoms with van der Waals surface area (Å²) >= 11 is 1.55. The van der Waals surface area contributed by atoms with Gasteiger partial charge in [0.05, 0.1) is 5.69 Å². The molecule has 0 saturated heterocycles. The van der Waals surface area contributed by atoms with E-state index in [1.165, 1.54) is 22.3 Å². The van der Waals surface area contributed by atoms with Gasteiger partial charge < -0.3 is 10.2 Å². The summed E-state index contributed by atoms with van der Waals surface area (Å²) in [6.07, 6.45) is 8.59. The van der Waals surface area contributed by atoms with Crippen LogP contribution in [0, 0.1) is 0 Å². The minimum Gasteiger partial charge on any atom is -0.507 e. The van der Waals surface area contributed by atoms with Gasteiger partial charge in [0.15, 0.2) is 0 Å². The van der Waals surface area contributed by atoms with E-state index in [0.717, 1.165) is 60.8 Å². The molecule has 310 valence electrons. The van der Waals surface area contributed by atoms with Gasteiger partial charge >= 0.3 is 0 Å². The number of nitrogens with zero attached hydrogens (tertiary/aromatic N) is 1. The normalized spacial score (nSPS) is 12.8. The van der Waals surface area contributed by atoms with Gasteiger partial charge in [-0.25, -0.2) is 4.98 Å². The second-order valence-corrected chi connectivity index (χ2v) is 21.1. The van der Waals surface area contributed by atoms with Gasteiger partial charge in [0.25, 0.3) is 0 Å². The molecule has 1 aromatic heterocycles. The number of benzene rings is 5. The Hall–Kier alpha value is -5.45. The van der Waals surface area contributed by atoms with Gasteiger partial charge in [-0.1, -0.05) is 211 Å². The zero-order chi connectivity index (χ0) is 43.8. The molecular weight excluding hydrogens is 751 g/mol. The number of hydrogen-bond acceptors (Lipinski definition) is 4. The summed E-state index contributed by atoms with van der Waals surface area (Å²) in [4.78, 5) is 5.02. The second kappa shape index (κ2) is 16.9. The Labute approximate surface area is 363 Å². The summed E-state index contributed by atoms with van der Waals surface area (Å²) in [5, 5.41) is 26.3. The molecule has 0 amide bonds. The summed E-state index contributed by atoms with van der Waals surface area (Å²) in [7, 11) is 0. The number of allylic oxidation sites excluding steroid dienone is 5. The summed E-state index contributed by atoms with van der Waals surface area (Å²) in [5.74, 6) is 0.580. The lowest BCUT2D eigenvalue weighted by molar-refractivity contribution is 0.471. The molecule has 5 aromatic carbocycles. The molecule has 0 spiro atoms. The zero-order valence-corrected chi connectivity index (χ0v) is 38.6. The maximum absolute atomic E-state index is 12.0. The molecule has 0 saturated carbocycles. The average Bonchev–Trinajstić information content (AvgIpc) is 3.67. The maximum Gasteiger partial charge on any atom is 0.131 e. The summed E-state index contributed by atoms with van der Waals surface area (Å²) in [5.41, 5.74) is 13.8. The van der Waals surface area contributed by atoms with E-state index in [9.17, 15) is 10.2 Å². The fraction of sp³-hybridized carbons (Fsp3) is 0.304. The number of phenols is 2. The number of aromatic nitrogens is 1. The topological polar surface area (TPSA) is 53.4 Å². The molecule has 0 aliphatic rings. The molecule has 0 unspecified atom stereocenters. The van der Waals surface area contributed by atoms with E-state index >= 15 is 0 Å². The molecule has 0 atom stereocenters. The molecule has 3 nitrogen and oxygen atoms in total. The molecule has 6 rings (SSSR count). The lowest BCUT2D eigenvalue weighted by Gasteiger charge is -2.26. The van der Waals surface area contributed by atoms with Gasteiger partial charge in [0.1, 0.15) is 16.5 Å². The first kappa shape index (κ1) is 44.1. The summed E-state index contributed by atoms with van der Waals surface area (Å²) in [6, 6.07) is 33.7. The fourth-order valence-electron chi connectivity index (χ4n) is 7.28. The number of hydrogen-bond donors (Lipinski definition) is 2. The van der Waals surface area contributed by atoms with E-state index in [0.29, 0.717) is 12.2 Å². The van der Waals surface area contributed by atoms with Crippen molar-refractivity contribution < 1.29 is 10.2 Å². The highest BCUT2D eigenvalue weighted by Gasteiger charge is 2.24. The minimum absolute atomic E-state index is 0.0131. The van der Waals surface area contributed by atoms with E-state index < -0.39 is 0 Å². The summed E-state index contributed by atoms with van der Waals surface area (Å²) < 4.78 is 0. The van der Waals surface area contributed by atoms with Gasteiger partial charge in [-0.3, -0.25) is 0 Å². The number of phenolic OH excluding ortho intramolecular Hbond substituents is 2. The molecular formula is C56H63NO2S. The van der Waals surface area contributed by atoms with Crippen molar-refractivity contribution in [3.63, 3.8) is 0 Å². The van der Waals surface area contributed by atoms with Gasteiger partial charge in [0, 0.05) is 33.2 Å². The Bertz CT molecular complexity index is 2520. The van der Waals surface area contributed by atoms with Crippen LogP contribution < -0.4 is 0 Å². The van der Waals surface area contributed by atoms with E-state index in [4.69, 9.17) is 4.98 Å². The van der Waals surface area contributed by atoms with E-state index in [2.05, 4.69) is 150 Å². The van der Waals surface area contributed by atoms with Crippen molar-refractivity contribution in [3.05, 3.63) is 166 Å². The smallest absolute Gasteiger partial charge is 0.131 e. The van der Waals surface area contributed by atoms with Crippen LogP contribution in [0.15, 0.2) is 133 Å².